The molecule has 0 aliphatic rings. The highest BCUT2D eigenvalue weighted by Crippen LogP contribution is 2.45. The minimum absolute atomic E-state index is 0.107. The van der Waals surface area contributed by atoms with E-state index in [2.05, 4.69) is 55.4 Å². The van der Waals surface area contributed by atoms with Crippen LogP contribution in [0.3, 0.4) is 0 Å². The predicted molar refractivity (Wildman–Crippen MR) is 423 cm³/mol. The summed E-state index contributed by atoms with van der Waals surface area (Å²) in [6.07, 6.45) is 61.1. The third kappa shape index (κ3) is 78.0. The van der Waals surface area contributed by atoms with Crippen molar-refractivity contribution in [3.63, 3.8) is 0 Å². The number of carbonyl (C=O) groups excluding carboxylic acids is 4. The maximum absolute atomic E-state index is 13.1. The van der Waals surface area contributed by atoms with Crippen LogP contribution in [0.25, 0.3) is 0 Å². The van der Waals surface area contributed by atoms with Gasteiger partial charge in [0.15, 0.2) is 12.2 Å². The minimum Gasteiger partial charge on any atom is -0.462 e. The van der Waals surface area contributed by atoms with Gasteiger partial charge in [0.25, 0.3) is 0 Å². The molecule has 0 heterocycles. The Kier molecular flexibility index (Phi) is 71.5. The number of ether oxygens (including phenoxy) is 4. The van der Waals surface area contributed by atoms with Crippen molar-refractivity contribution in [2.24, 2.45) is 23.7 Å². The Hall–Kier alpha value is -1.94. The fourth-order valence-electron chi connectivity index (χ4n) is 13.0. The van der Waals surface area contributed by atoms with Gasteiger partial charge in [-0.1, -0.05) is 383 Å². The second-order valence-corrected chi connectivity index (χ2v) is 35.0. The predicted octanol–water partition coefficient (Wildman–Crippen LogP) is 25.2. The number of hydrogen-bond acceptors (Lipinski definition) is 15. The topological polar surface area (TPSA) is 237 Å². The lowest BCUT2D eigenvalue weighted by atomic mass is 10.0. The molecule has 0 amide bonds. The fourth-order valence-corrected chi connectivity index (χ4v) is 14.5. The smallest absolute Gasteiger partial charge is 0.462 e. The van der Waals surface area contributed by atoms with Crippen LogP contribution in [0.4, 0.5) is 0 Å². The maximum Gasteiger partial charge on any atom is 0.472 e. The summed E-state index contributed by atoms with van der Waals surface area (Å²) in [5.74, 6) is 0.998. The number of phosphoric ester groups is 2. The van der Waals surface area contributed by atoms with Gasteiger partial charge in [0, 0.05) is 25.7 Å². The molecule has 0 aliphatic carbocycles. The van der Waals surface area contributed by atoms with E-state index >= 15 is 0 Å². The highest BCUT2D eigenvalue weighted by atomic mass is 31.2. The van der Waals surface area contributed by atoms with E-state index in [-0.39, 0.29) is 25.7 Å². The molecule has 0 aromatic heterocycles. The first-order valence-electron chi connectivity index (χ1n) is 43.2. The summed E-state index contributed by atoms with van der Waals surface area (Å²) in [5.41, 5.74) is 0. The van der Waals surface area contributed by atoms with Crippen molar-refractivity contribution in [3.05, 3.63) is 0 Å². The second-order valence-electron chi connectivity index (χ2n) is 32.1. The number of carbonyl (C=O) groups is 4. The van der Waals surface area contributed by atoms with Crippen molar-refractivity contribution >= 4 is 39.5 Å². The average molecular weight is 1510 g/mol. The minimum atomic E-state index is -4.96. The molecule has 0 saturated heterocycles. The molecule has 19 heteroatoms. The van der Waals surface area contributed by atoms with Crippen LogP contribution in [0.5, 0.6) is 0 Å². The molecule has 5 atom stereocenters. The van der Waals surface area contributed by atoms with E-state index in [0.717, 1.165) is 114 Å². The summed E-state index contributed by atoms with van der Waals surface area (Å²) in [6.45, 7) is 14.3. The first kappa shape index (κ1) is 101. The Morgan fingerprint density at radius 3 is 0.602 bits per heavy atom. The van der Waals surface area contributed by atoms with Crippen LogP contribution in [0.1, 0.15) is 434 Å². The van der Waals surface area contributed by atoms with Crippen molar-refractivity contribution in [1.29, 1.82) is 0 Å². The molecule has 0 saturated carbocycles. The first-order chi connectivity index (χ1) is 49.6. The average Bonchev–Trinajstić information content (AvgIpc) is 0.923. The second kappa shape index (κ2) is 72.9. The summed E-state index contributed by atoms with van der Waals surface area (Å²) >= 11 is 0. The highest BCUT2D eigenvalue weighted by Gasteiger charge is 2.30. The number of unbranched alkanes of at least 4 members (excludes halogenated alkanes) is 47. The van der Waals surface area contributed by atoms with Gasteiger partial charge in [0.05, 0.1) is 26.4 Å². The summed E-state index contributed by atoms with van der Waals surface area (Å²) in [6, 6.07) is 0. The van der Waals surface area contributed by atoms with Crippen LogP contribution in [0.15, 0.2) is 0 Å². The van der Waals surface area contributed by atoms with Gasteiger partial charge < -0.3 is 33.8 Å². The monoisotopic (exact) mass is 1510 g/mol. The summed E-state index contributed by atoms with van der Waals surface area (Å²) < 4.78 is 68.8. The lowest BCUT2D eigenvalue weighted by Crippen LogP contribution is -2.30. The molecule has 17 nitrogen and oxygen atoms in total. The SMILES string of the molecule is CC(C)CCCCCCCCCCCCCCCCCCC(=O)O[C@H](COC(=O)CCCCCCCCCC(C)C)COP(=O)(O)OCC(O)COP(=O)(O)OC[C@@H](COC(=O)CCCCCCCCCCCCCCCC(C)C)OC(=O)CCCCCCCCCCCCCCCCCC(C)C. The van der Waals surface area contributed by atoms with Gasteiger partial charge in [-0.15, -0.1) is 0 Å². The number of aliphatic hydroxyl groups excluding tert-OH is 1. The van der Waals surface area contributed by atoms with E-state index in [1.54, 1.807) is 0 Å². The quantitative estimate of drug-likeness (QED) is 0.0222. The van der Waals surface area contributed by atoms with Crippen LogP contribution in [0.2, 0.25) is 0 Å². The molecule has 0 aliphatic heterocycles. The molecule has 3 unspecified atom stereocenters. The Bertz CT molecular complexity index is 2010. The van der Waals surface area contributed by atoms with Crippen molar-refractivity contribution in [1.82, 2.24) is 0 Å². The van der Waals surface area contributed by atoms with Crippen molar-refractivity contribution < 1.29 is 80.2 Å². The van der Waals surface area contributed by atoms with Gasteiger partial charge in [-0.25, -0.2) is 9.13 Å². The van der Waals surface area contributed by atoms with Gasteiger partial charge in [0.1, 0.15) is 19.3 Å². The molecule has 3 N–H and O–H groups in total. The number of rotatable bonds is 81. The Labute approximate surface area is 632 Å². The molecule has 0 aromatic rings. The van der Waals surface area contributed by atoms with Gasteiger partial charge in [-0.3, -0.25) is 37.3 Å². The standard InChI is InChI=1S/C84H164O17P2/c1-74(2)60-52-44-36-29-23-17-12-9-10-14-20-27-33-41-50-58-67-84(89)101-80(71-95-82(87)65-57-49-43-35-39-47-55-63-77(7)8)73-99-103(92,93)97-69-78(85)68-96-102(90,91)98-72-79(70-94-81(86)64-56-48-40-32-26-22-16-19-25-31-38-46-54-62-76(5)6)100-83(88)66-59-51-42-34-28-21-15-11-13-18-24-30-37-45-53-61-75(3)4/h74-80,85H,9-73H2,1-8H3,(H,90,91)(H,92,93)/t78?,79-,80-/m1/s1. The van der Waals surface area contributed by atoms with E-state index < -0.39 is 97.5 Å². The van der Waals surface area contributed by atoms with Crippen LogP contribution in [-0.2, 0) is 65.4 Å². The zero-order valence-electron chi connectivity index (χ0n) is 68.0. The zero-order chi connectivity index (χ0) is 76.0. The molecule has 0 rings (SSSR count). The van der Waals surface area contributed by atoms with Crippen LogP contribution < -0.4 is 0 Å². The van der Waals surface area contributed by atoms with E-state index in [1.807, 2.05) is 0 Å². The van der Waals surface area contributed by atoms with Gasteiger partial charge in [0.2, 0.25) is 0 Å². The van der Waals surface area contributed by atoms with Crippen molar-refractivity contribution in [3.8, 4) is 0 Å². The zero-order valence-corrected chi connectivity index (χ0v) is 69.7. The van der Waals surface area contributed by atoms with Crippen LogP contribution in [0, 0.1) is 23.7 Å². The highest BCUT2D eigenvalue weighted by molar-refractivity contribution is 7.47. The normalized spacial score (nSPS) is 14.0. The van der Waals surface area contributed by atoms with Gasteiger partial charge in [-0.05, 0) is 49.4 Å². The Balaban J connectivity index is 5.23. The molecule has 103 heavy (non-hydrogen) atoms. The molecule has 0 aromatic carbocycles. The maximum atomic E-state index is 13.1. The molecule has 0 radical (unpaired) electrons. The number of aliphatic hydroxyl groups is 1. The summed E-state index contributed by atoms with van der Waals surface area (Å²) in [4.78, 5) is 73.1. The Morgan fingerprint density at radius 1 is 0.243 bits per heavy atom. The molecule has 612 valence electrons. The molecule has 0 bridgehead atoms. The Morgan fingerprint density at radius 2 is 0.408 bits per heavy atom. The van der Waals surface area contributed by atoms with Crippen molar-refractivity contribution in [2.75, 3.05) is 39.6 Å². The number of hydrogen-bond donors (Lipinski definition) is 3. The molecular weight excluding hydrogens is 1340 g/mol. The largest absolute Gasteiger partial charge is 0.472 e. The van der Waals surface area contributed by atoms with E-state index in [9.17, 15) is 43.2 Å². The van der Waals surface area contributed by atoms with Crippen LogP contribution >= 0.6 is 15.6 Å². The lowest BCUT2D eigenvalue weighted by Gasteiger charge is -2.21. The van der Waals surface area contributed by atoms with Gasteiger partial charge in [-0.2, -0.15) is 0 Å². The molecule has 0 fully saturated rings. The number of phosphoric acid groups is 2. The van der Waals surface area contributed by atoms with E-state index in [1.165, 1.54) is 231 Å². The van der Waals surface area contributed by atoms with E-state index in [4.69, 9.17) is 37.0 Å². The summed E-state index contributed by atoms with van der Waals surface area (Å²) in [7, 11) is -9.93. The van der Waals surface area contributed by atoms with Crippen molar-refractivity contribution in [2.45, 2.75) is 453 Å². The third-order valence-electron chi connectivity index (χ3n) is 19.6. The third-order valence-corrected chi connectivity index (χ3v) is 21.5. The number of esters is 4. The van der Waals surface area contributed by atoms with Crippen LogP contribution in [-0.4, -0.2) is 96.7 Å². The van der Waals surface area contributed by atoms with Gasteiger partial charge >= 0.3 is 39.5 Å². The van der Waals surface area contributed by atoms with E-state index in [0.29, 0.717) is 31.6 Å². The summed E-state index contributed by atoms with van der Waals surface area (Å²) in [5, 5.41) is 10.7. The molecule has 0 spiro atoms. The first-order valence-corrected chi connectivity index (χ1v) is 46.2. The lowest BCUT2D eigenvalue weighted by molar-refractivity contribution is -0.161. The molecular formula is C84H164O17P2. The fraction of sp³-hybridized carbons (Fsp3) is 0.952.